The van der Waals surface area contributed by atoms with E-state index in [4.69, 9.17) is 5.73 Å². The van der Waals surface area contributed by atoms with E-state index < -0.39 is 0 Å². The van der Waals surface area contributed by atoms with Crippen molar-refractivity contribution in [3.63, 3.8) is 0 Å². The van der Waals surface area contributed by atoms with Crippen molar-refractivity contribution in [2.75, 3.05) is 13.1 Å². The fourth-order valence-electron chi connectivity index (χ4n) is 3.96. The molecule has 0 spiro atoms. The van der Waals surface area contributed by atoms with Crippen LogP contribution in [0.15, 0.2) is 11.4 Å². The van der Waals surface area contributed by atoms with Crippen molar-refractivity contribution in [1.82, 2.24) is 4.90 Å². The van der Waals surface area contributed by atoms with E-state index in [-0.39, 0.29) is 12.0 Å². The molecule has 1 saturated carbocycles. The second-order valence-electron chi connectivity index (χ2n) is 6.04. The maximum Gasteiger partial charge on any atom is 0.226 e. The Morgan fingerprint density at radius 1 is 1.50 bits per heavy atom. The first-order valence-electron chi connectivity index (χ1n) is 7.83. The Morgan fingerprint density at radius 2 is 2.35 bits per heavy atom. The van der Waals surface area contributed by atoms with E-state index in [1.54, 1.807) is 0 Å². The third-order valence-electron chi connectivity index (χ3n) is 5.04. The molecule has 2 heterocycles. The first-order valence-corrected chi connectivity index (χ1v) is 8.71. The number of rotatable bonds is 3. The summed E-state index contributed by atoms with van der Waals surface area (Å²) in [6.07, 6.45) is 5.35. The van der Waals surface area contributed by atoms with Gasteiger partial charge in [0.15, 0.2) is 0 Å². The van der Waals surface area contributed by atoms with E-state index in [1.807, 2.05) is 11.3 Å². The number of carbonyl (C=O) groups is 1. The first-order chi connectivity index (χ1) is 9.76. The number of fused-ring (bicyclic) bond motifs is 1. The van der Waals surface area contributed by atoms with E-state index in [1.165, 1.54) is 10.4 Å². The highest BCUT2D eigenvalue weighted by Crippen LogP contribution is 2.39. The van der Waals surface area contributed by atoms with Crippen molar-refractivity contribution < 1.29 is 4.79 Å². The fraction of sp³-hybridized carbons (Fsp3) is 0.688. The second-order valence-corrected chi connectivity index (χ2v) is 7.04. The Bertz CT molecular complexity index is 485. The Labute approximate surface area is 125 Å². The highest BCUT2D eigenvalue weighted by atomic mass is 32.1. The summed E-state index contributed by atoms with van der Waals surface area (Å²) in [5.41, 5.74) is 7.24. The van der Waals surface area contributed by atoms with E-state index in [0.29, 0.717) is 18.4 Å². The van der Waals surface area contributed by atoms with Crippen molar-refractivity contribution in [3.05, 3.63) is 21.9 Å². The SMILES string of the molecule is CCC1c2ccsc2CCN1C(=O)[C@@H]1CCC[C@@H]1CN. The van der Waals surface area contributed by atoms with Crippen molar-refractivity contribution >= 4 is 17.2 Å². The van der Waals surface area contributed by atoms with Crippen molar-refractivity contribution in [2.45, 2.75) is 45.1 Å². The van der Waals surface area contributed by atoms with Gasteiger partial charge >= 0.3 is 0 Å². The third kappa shape index (κ3) is 2.29. The van der Waals surface area contributed by atoms with Crippen LogP contribution in [0.4, 0.5) is 0 Å². The van der Waals surface area contributed by atoms with Crippen LogP contribution in [-0.4, -0.2) is 23.9 Å². The van der Waals surface area contributed by atoms with Gasteiger partial charge in [-0.15, -0.1) is 11.3 Å². The summed E-state index contributed by atoms with van der Waals surface area (Å²) in [6.45, 7) is 3.73. The molecule has 4 heteroatoms. The molecule has 1 unspecified atom stereocenters. The highest BCUT2D eigenvalue weighted by molar-refractivity contribution is 7.10. The number of carbonyl (C=O) groups excluding carboxylic acids is 1. The Balaban J connectivity index is 1.81. The Hall–Kier alpha value is -0.870. The minimum atomic E-state index is 0.175. The summed E-state index contributed by atoms with van der Waals surface area (Å²) >= 11 is 1.84. The third-order valence-corrected chi connectivity index (χ3v) is 6.04. The van der Waals surface area contributed by atoms with E-state index in [2.05, 4.69) is 23.3 Å². The maximum absolute atomic E-state index is 12.9. The smallest absolute Gasteiger partial charge is 0.226 e. The van der Waals surface area contributed by atoms with Gasteiger partial charge in [0.2, 0.25) is 5.91 Å². The molecule has 3 atom stereocenters. The van der Waals surface area contributed by atoms with Gasteiger partial charge in [0, 0.05) is 17.3 Å². The van der Waals surface area contributed by atoms with Gasteiger partial charge in [-0.3, -0.25) is 4.79 Å². The second kappa shape index (κ2) is 5.86. The predicted molar refractivity (Wildman–Crippen MR) is 82.7 cm³/mol. The lowest BCUT2D eigenvalue weighted by Gasteiger charge is -2.38. The van der Waals surface area contributed by atoms with Gasteiger partial charge in [-0.1, -0.05) is 13.3 Å². The molecule has 1 fully saturated rings. The fourth-order valence-corrected chi connectivity index (χ4v) is 4.89. The number of hydrogen-bond donors (Lipinski definition) is 1. The van der Waals surface area contributed by atoms with Gasteiger partial charge < -0.3 is 10.6 Å². The molecule has 0 radical (unpaired) electrons. The molecule has 0 saturated heterocycles. The van der Waals surface area contributed by atoms with Gasteiger partial charge in [0.1, 0.15) is 0 Å². The van der Waals surface area contributed by atoms with Gasteiger partial charge in [-0.2, -0.15) is 0 Å². The zero-order valence-electron chi connectivity index (χ0n) is 12.2. The molecule has 110 valence electrons. The summed E-state index contributed by atoms with van der Waals surface area (Å²) in [5.74, 6) is 0.944. The summed E-state index contributed by atoms with van der Waals surface area (Å²) < 4.78 is 0. The lowest BCUT2D eigenvalue weighted by molar-refractivity contribution is -0.139. The lowest BCUT2D eigenvalue weighted by Crippen LogP contribution is -2.44. The quantitative estimate of drug-likeness (QED) is 0.931. The Kier molecular flexibility index (Phi) is 4.13. The summed E-state index contributed by atoms with van der Waals surface area (Å²) in [5, 5.41) is 2.17. The summed E-state index contributed by atoms with van der Waals surface area (Å²) in [4.78, 5) is 16.6. The number of nitrogens with two attached hydrogens (primary N) is 1. The van der Waals surface area contributed by atoms with Gasteiger partial charge in [0.25, 0.3) is 0 Å². The molecule has 1 amide bonds. The molecule has 2 N–H and O–H groups in total. The molecular formula is C16H24N2OS. The molecule has 1 aromatic rings. The van der Waals surface area contributed by atoms with Crippen LogP contribution in [0.3, 0.4) is 0 Å². The van der Waals surface area contributed by atoms with Crippen molar-refractivity contribution in [1.29, 1.82) is 0 Å². The zero-order chi connectivity index (χ0) is 14.1. The van der Waals surface area contributed by atoms with Crippen LogP contribution in [0.2, 0.25) is 0 Å². The molecule has 2 aliphatic rings. The number of nitrogens with zero attached hydrogens (tertiary/aromatic N) is 1. The van der Waals surface area contributed by atoms with Crippen LogP contribution >= 0.6 is 11.3 Å². The number of amides is 1. The van der Waals surface area contributed by atoms with Crippen LogP contribution in [0, 0.1) is 11.8 Å². The molecule has 1 aliphatic heterocycles. The van der Waals surface area contributed by atoms with Crippen molar-refractivity contribution in [3.8, 4) is 0 Å². The molecule has 0 aromatic carbocycles. The average molecular weight is 292 g/mol. The van der Waals surface area contributed by atoms with Crippen molar-refractivity contribution in [2.24, 2.45) is 17.6 Å². The van der Waals surface area contributed by atoms with Crippen LogP contribution in [0.5, 0.6) is 0 Å². The molecular weight excluding hydrogens is 268 g/mol. The topological polar surface area (TPSA) is 46.3 Å². The minimum Gasteiger partial charge on any atom is -0.335 e. The first kappa shape index (κ1) is 14.1. The molecule has 1 aromatic heterocycles. The molecule has 3 rings (SSSR count). The minimum absolute atomic E-state index is 0.175. The van der Waals surface area contributed by atoms with E-state index in [9.17, 15) is 4.79 Å². The van der Waals surface area contributed by atoms with Crippen LogP contribution < -0.4 is 5.73 Å². The largest absolute Gasteiger partial charge is 0.335 e. The summed E-state index contributed by atoms with van der Waals surface area (Å²) in [6, 6.07) is 2.50. The lowest BCUT2D eigenvalue weighted by atomic mass is 9.91. The normalized spacial score (nSPS) is 29.5. The van der Waals surface area contributed by atoms with Crippen LogP contribution in [0.25, 0.3) is 0 Å². The number of hydrogen-bond acceptors (Lipinski definition) is 3. The van der Waals surface area contributed by atoms with Crippen LogP contribution in [-0.2, 0) is 11.2 Å². The number of thiophene rings is 1. The Morgan fingerprint density at radius 3 is 3.10 bits per heavy atom. The molecule has 3 nitrogen and oxygen atoms in total. The monoisotopic (exact) mass is 292 g/mol. The van der Waals surface area contributed by atoms with E-state index >= 15 is 0 Å². The highest BCUT2D eigenvalue weighted by Gasteiger charge is 2.38. The van der Waals surface area contributed by atoms with Gasteiger partial charge in [0.05, 0.1) is 6.04 Å². The van der Waals surface area contributed by atoms with Gasteiger partial charge in [-0.25, -0.2) is 0 Å². The molecule has 1 aliphatic carbocycles. The van der Waals surface area contributed by atoms with Gasteiger partial charge in [-0.05, 0) is 55.2 Å². The van der Waals surface area contributed by atoms with Crippen LogP contribution in [0.1, 0.15) is 49.1 Å². The molecule has 0 bridgehead atoms. The average Bonchev–Trinajstić information content (AvgIpc) is 3.13. The summed E-state index contributed by atoms with van der Waals surface area (Å²) in [7, 11) is 0. The van der Waals surface area contributed by atoms with E-state index in [0.717, 1.165) is 38.6 Å². The zero-order valence-corrected chi connectivity index (χ0v) is 13.0. The predicted octanol–water partition coefficient (Wildman–Crippen LogP) is 2.96. The standard InChI is InChI=1S/C16H24N2OS/c1-2-14-13-7-9-20-15(13)6-8-18(14)16(19)12-5-3-4-11(12)10-17/h7,9,11-12,14H,2-6,8,10,17H2,1H3/t11-,12-,14?/m1/s1. The maximum atomic E-state index is 12.9. The molecule has 20 heavy (non-hydrogen) atoms.